The maximum absolute atomic E-state index is 11.9. The molecule has 0 saturated carbocycles. The molecule has 0 aliphatic carbocycles. The zero-order valence-electron chi connectivity index (χ0n) is 10.8. The molecule has 2 aromatic rings. The molecule has 2 aromatic heterocycles. The van der Waals surface area contributed by atoms with Crippen molar-refractivity contribution < 1.29 is 14.3 Å². The Hall–Kier alpha value is -2.42. The number of hydrogen-bond acceptors (Lipinski definition) is 6. The number of ether oxygens (including phenoxy) is 1. The first-order chi connectivity index (χ1) is 9.60. The van der Waals surface area contributed by atoms with Crippen LogP contribution in [0.3, 0.4) is 0 Å². The fourth-order valence-corrected chi connectivity index (χ4v) is 1.99. The lowest BCUT2D eigenvalue weighted by atomic mass is 10.3. The van der Waals surface area contributed by atoms with E-state index in [2.05, 4.69) is 25.8 Å². The van der Waals surface area contributed by atoms with Gasteiger partial charge in [-0.2, -0.15) is 4.98 Å². The van der Waals surface area contributed by atoms with Crippen LogP contribution in [0.2, 0.25) is 0 Å². The summed E-state index contributed by atoms with van der Waals surface area (Å²) in [6.07, 6.45) is 0. The second-order valence-electron chi connectivity index (χ2n) is 3.83. The van der Waals surface area contributed by atoms with Crippen LogP contribution in [-0.2, 0) is 4.79 Å². The lowest BCUT2D eigenvalue weighted by Crippen LogP contribution is -2.41. The van der Waals surface area contributed by atoms with E-state index in [0.717, 1.165) is 0 Å². The summed E-state index contributed by atoms with van der Waals surface area (Å²) in [6, 6.07) is 2.87. The Labute approximate surface area is 118 Å². The van der Waals surface area contributed by atoms with E-state index < -0.39 is 11.9 Å². The number of hydrogen-bond donors (Lipinski definition) is 3. The van der Waals surface area contributed by atoms with Gasteiger partial charge >= 0.3 is 6.01 Å². The molecule has 20 heavy (non-hydrogen) atoms. The number of nitrogens with zero attached hydrogens (tertiary/aromatic N) is 2. The van der Waals surface area contributed by atoms with Gasteiger partial charge in [0.2, 0.25) is 11.9 Å². The van der Waals surface area contributed by atoms with E-state index >= 15 is 0 Å². The SMILES string of the molecule is COc1n[nH]c(NC(=O)C(C)NC(=O)c2cccs2)n1. The number of anilines is 1. The van der Waals surface area contributed by atoms with Gasteiger partial charge in [-0.15, -0.1) is 16.4 Å². The normalized spacial score (nSPS) is 11.7. The Morgan fingerprint density at radius 1 is 1.50 bits per heavy atom. The molecule has 0 aliphatic heterocycles. The van der Waals surface area contributed by atoms with Crippen LogP contribution in [0, 0.1) is 0 Å². The Bertz CT molecular complexity index is 595. The fraction of sp³-hybridized carbons (Fsp3) is 0.273. The van der Waals surface area contributed by atoms with Crippen molar-refractivity contribution in [3.63, 3.8) is 0 Å². The fourth-order valence-electron chi connectivity index (χ4n) is 1.36. The number of amides is 2. The molecular weight excluding hydrogens is 282 g/mol. The Morgan fingerprint density at radius 3 is 2.90 bits per heavy atom. The summed E-state index contributed by atoms with van der Waals surface area (Å²) in [5.41, 5.74) is 0. The molecule has 0 saturated heterocycles. The van der Waals surface area contributed by atoms with Gasteiger partial charge in [-0.1, -0.05) is 6.07 Å². The Kier molecular flexibility index (Phi) is 4.31. The lowest BCUT2D eigenvalue weighted by molar-refractivity contribution is -0.117. The highest BCUT2D eigenvalue weighted by Gasteiger charge is 2.18. The molecule has 3 N–H and O–H groups in total. The third-order valence-electron chi connectivity index (χ3n) is 2.37. The predicted octanol–water partition coefficient (Wildman–Crippen LogP) is 0.632. The first kappa shape index (κ1) is 14.0. The first-order valence-electron chi connectivity index (χ1n) is 5.71. The highest BCUT2D eigenvalue weighted by atomic mass is 32.1. The molecule has 9 heteroatoms. The number of nitrogens with one attached hydrogen (secondary N) is 3. The molecule has 2 heterocycles. The topological polar surface area (TPSA) is 109 Å². The number of aromatic amines is 1. The van der Waals surface area contributed by atoms with Gasteiger partial charge < -0.3 is 10.1 Å². The smallest absolute Gasteiger partial charge is 0.336 e. The third kappa shape index (κ3) is 3.32. The van der Waals surface area contributed by atoms with Crippen LogP contribution in [0.1, 0.15) is 16.6 Å². The van der Waals surface area contributed by atoms with Crippen molar-refractivity contribution in [3.8, 4) is 6.01 Å². The lowest BCUT2D eigenvalue weighted by Gasteiger charge is -2.11. The van der Waals surface area contributed by atoms with E-state index in [9.17, 15) is 9.59 Å². The maximum Gasteiger partial charge on any atom is 0.336 e. The monoisotopic (exact) mass is 295 g/mol. The summed E-state index contributed by atoms with van der Waals surface area (Å²) >= 11 is 1.31. The Balaban J connectivity index is 1.90. The number of aromatic nitrogens is 3. The molecule has 2 amide bonds. The molecule has 0 aliphatic rings. The number of carbonyl (C=O) groups is 2. The summed E-state index contributed by atoms with van der Waals surface area (Å²) in [6.45, 7) is 1.58. The number of rotatable bonds is 5. The molecule has 1 atom stereocenters. The number of methoxy groups -OCH3 is 1. The summed E-state index contributed by atoms with van der Waals surface area (Å²) in [5, 5.41) is 13.1. The van der Waals surface area contributed by atoms with Crippen LogP contribution in [0.4, 0.5) is 5.95 Å². The van der Waals surface area contributed by atoms with Crippen molar-refractivity contribution in [2.24, 2.45) is 0 Å². The quantitative estimate of drug-likeness (QED) is 0.749. The van der Waals surface area contributed by atoms with Crippen molar-refractivity contribution in [2.45, 2.75) is 13.0 Å². The number of thiophene rings is 1. The van der Waals surface area contributed by atoms with Gasteiger partial charge in [0.15, 0.2) is 0 Å². The second-order valence-corrected chi connectivity index (χ2v) is 4.78. The van der Waals surface area contributed by atoms with Gasteiger partial charge in [-0.25, -0.2) is 5.10 Å². The van der Waals surface area contributed by atoms with Gasteiger partial charge in [0.05, 0.1) is 12.0 Å². The predicted molar refractivity (Wildman–Crippen MR) is 72.8 cm³/mol. The van der Waals surface area contributed by atoms with Gasteiger partial charge in [-0.3, -0.25) is 14.9 Å². The number of carbonyl (C=O) groups excluding carboxylic acids is 2. The largest absolute Gasteiger partial charge is 0.466 e. The molecule has 106 valence electrons. The minimum absolute atomic E-state index is 0.121. The van der Waals surface area contributed by atoms with Crippen LogP contribution in [0.5, 0.6) is 6.01 Å². The van der Waals surface area contributed by atoms with Crippen LogP contribution in [0.25, 0.3) is 0 Å². The van der Waals surface area contributed by atoms with E-state index in [4.69, 9.17) is 4.74 Å². The first-order valence-corrected chi connectivity index (χ1v) is 6.59. The summed E-state index contributed by atoms with van der Waals surface area (Å²) in [4.78, 5) is 28.0. The van der Waals surface area contributed by atoms with Crippen LogP contribution in [0.15, 0.2) is 17.5 Å². The second kappa shape index (κ2) is 6.15. The summed E-state index contributed by atoms with van der Waals surface area (Å²) in [7, 11) is 1.42. The minimum Gasteiger partial charge on any atom is -0.466 e. The molecule has 0 aromatic carbocycles. The average Bonchev–Trinajstić information content (AvgIpc) is 3.09. The molecule has 0 radical (unpaired) electrons. The molecule has 0 fully saturated rings. The molecule has 0 spiro atoms. The minimum atomic E-state index is -0.708. The van der Waals surface area contributed by atoms with E-state index in [1.54, 1.807) is 24.4 Å². The van der Waals surface area contributed by atoms with E-state index in [-0.39, 0.29) is 17.9 Å². The van der Waals surface area contributed by atoms with Crippen molar-refractivity contribution in [3.05, 3.63) is 22.4 Å². The van der Waals surface area contributed by atoms with E-state index in [1.807, 2.05) is 0 Å². The van der Waals surface area contributed by atoms with Crippen molar-refractivity contribution in [1.29, 1.82) is 0 Å². The Morgan fingerprint density at radius 2 is 2.30 bits per heavy atom. The molecule has 8 nitrogen and oxygen atoms in total. The van der Waals surface area contributed by atoms with Crippen molar-refractivity contribution in [1.82, 2.24) is 20.5 Å². The van der Waals surface area contributed by atoms with E-state index in [1.165, 1.54) is 18.4 Å². The molecular formula is C11H13N5O3S. The van der Waals surface area contributed by atoms with Gasteiger partial charge in [0.25, 0.3) is 5.91 Å². The summed E-state index contributed by atoms with van der Waals surface area (Å²) in [5.74, 6) is -0.546. The van der Waals surface area contributed by atoms with Gasteiger partial charge in [-0.05, 0) is 18.4 Å². The van der Waals surface area contributed by atoms with Crippen molar-refractivity contribution in [2.75, 3.05) is 12.4 Å². The maximum atomic E-state index is 11.9. The highest BCUT2D eigenvalue weighted by Crippen LogP contribution is 2.09. The van der Waals surface area contributed by atoms with E-state index in [0.29, 0.717) is 4.88 Å². The van der Waals surface area contributed by atoms with Crippen LogP contribution < -0.4 is 15.4 Å². The standard InChI is InChI=1S/C11H13N5O3S/c1-6(12-9(18)7-4-3-5-20-7)8(17)13-10-14-11(19-2)16-15-10/h3-6H,1-2H3,(H,12,18)(H2,13,14,15,16,17). The molecule has 2 rings (SSSR count). The zero-order chi connectivity index (χ0) is 14.5. The zero-order valence-corrected chi connectivity index (χ0v) is 11.7. The van der Waals surface area contributed by atoms with Crippen LogP contribution >= 0.6 is 11.3 Å². The van der Waals surface area contributed by atoms with Gasteiger partial charge in [0, 0.05) is 0 Å². The highest BCUT2D eigenvalue weighted by molar-refractivity contribution is 7.12. The van der Waals surface area contributed by atoms with Gasteiger partial charge in [0.1, 0.15) is 6.04 Å². The van der Waals surface area contributed by atoms with Crippen LogP contribution in [-0.4, -0.2) is 40.1 Å². The third-order valence-corrected chi connectivity index (χ3v) is 3.24. The molecule has 0 bridgehead atoms. The average molecular weight is 295 g/mol. The van der Waals surface area contributed by atoms with Crippen molar-refractivity contribution >= 4 is 29.1 Å². The molecule has 1 unspecified atom stereocenters. The number of H-pyrrole nitrogens is 1. The summed E-state index contributed by atoms with van der Waals surface area (Å²) < 4.78 is 4.78.